The number of unbranched alkanes of at least 4 members (excludes halogenated alkanes) is 20. The van der Waals surface area contributed by atoms with E-state index < -0.39 is 49.5 Å². The molecule has 1 saturated heterocycles. The topological polar surface area (TPSA) is 149 Å². The minimum absolute atomic E-state index is 0.195. The lowest BCUT2D eigenvalue weighted by Gasteiger charge is -2.40. The molecule has 1 aliphatic rings. The van der Waals surface area contributed by atoms with Crippen LogP contribution in [0.1, 0.15) is 174 Å². The quantitative estimate of drug-likeness (QED) is 0.0287. The van der Waals surface area contributed by atoms with Crippen molar-refractivity contribution in [2.24, 2.45) is 0 Å². The monoisotopic (exact) mass is 738 g/mol. The molecule has 304 valence electrons. The normalized spacial score (nSPS) is 22.2. The minimum Gasteiger partial charge on any atom is -0.394 e. The van der Waals surface area contributed by atoms with E-state index in [-0.39, 0.29) is 12.5 Å². The van der Waals surface area contributed by atoms with Crippen molar-refractivity contribution in [2.45, 2.75) is 217 Å². The summed E-state index contributed by atoms with van der Waals surface area (Å²) >= 11 is 0. The maximum atomic E-state index is 12.9. The van der Waals surface area contributed by atoms with Gasteiger partial charge >= 0.3 is 0 Å². The molecule has 6 N–H and O–H groups in total. The number of hydrogen-bond donors (Lipinski definition) is 6. The van der Waals surface area contributed by atoms with Gasteiger partial charge in [-0.2, -0.15) is 0 Å². The average molecular weight is 738 g/mol. The first-order valence-corrected chi connectivity index (χ1v) is 21.2. The highest BCUT2D eigenvalue weighted by atomic mass is 16.7. The molecule has 0 aromatic carbocycles. The lowest BCUT2D eigenvalue weighted by Crippen LogP contribution is -2.60. The van der Waals surface area contributed by atoms with E-state index in [0.717, 1.165) is 51.4 Å². The van der Waals surface area contributed by atoms with E-state index in [4.69, 9.17) is 9.47 Å². The molecule has 1 heterocycles. The van der Waals surface area contributed by atoms with Gasteiger partial charge in [0.1, 0.15) is 24.4 Å². The molecule has 0 aliphatic carbocycles. The van der Waals surface area contributed by atoms with Crippen LogP contribution in [0.15, 0.2) is 36.5 Å². The van der Waals surface area contributed by atoms with Crippen LogP contribution in [0.3, 0.4) is 0 Å². The first-order chi connectivity index (χ1) is 25.3. The van der Waals surface area contributed by atoms with Crippen LogP contribution in [-0.2, 0) is 14.3 Å². The van der Waals surface area contributed by atoms with E-state index in [2.05, 4.69) is 43.5 Å². The van der Waals surface area contributed by atoms with Crippen LogP contribution in [0.2, 0.25) is 0 Å². The molecule has 7 atom stereocenters. The Hall–Kier alpha value is -1.59. The van der Waals surface area contributed by atoms with Crippen molar-refractivity contribution in [1.82, 2.24) is 5.32 Å². The molecule has 9 nitrogen and oxygen atoms in total. The summed E-state index contributed by atoms with van der Waals surface area (Å²) in [5, 5.41) is 53.9. The molecule has 9 heteroatoms. The van der Waals surface area contributed by atoms with E-state index in [1.54, 1.807) is 6.08 Å². The Balaban J connectivity index is 2.36. The van der Waals surface area contributed by atoms with Crippen molar-refractivity contribution in [3.63, 3.8) is 0 Å². The molecule has 0 spiro atoms. The lowest BCUT2D eigenvalue weighted by molar-refractivity contribution is -0.302. The summed E-state index contributed by atoms with van der Waals surface area (Å²) in [6.07, 6.45) is 33.4. The Morgan fingerprint density at radius 2 is 1.10 bits per heavy atom. The third-order valence-corrected chi connectivity index (χ3v) is 9.94. The van der Waals surface area contributed by atoms with Gasteiger partial charge in [-0.3, -0.25) is 4.79 Å². The van der Waals surface area contributed by atoms with Gasteiger partial charge in [-0.15, -0.1) is 0 Å². The molecule has 0 radical (unpaired) electrons. The first-order valence-electron chi connectivity index (χ1n) is 21.2. The second-order valence-corrected chi connectivity index (χ2v) is 14.8. The summed E-state index contributed by atoms with van der Waals surface area (Å²) in [5.41, 5.74) is 0. The van der Waals surface area contributed by atoms with E-state index in [9.17, 15) is 30.3 Å². The summed E-state index contributed by atoms with van der Waals surface area (Å²) in [6, 6.07) is -0.820. The molecule has 1 aliphatic heterocycles. The summed E-state index contributed by atoms with van der Waals surface area (Å²) in [5.74, 6) is -0.195. The van der Waals surface area contributed by atoms with Crippen LogP contribution >= 0.6 is 0 Å². The number of allylic oxidation sites excluding steroid dienone is 5. The van der Waals surface area contributed by atoms with Crippen LogP contribution < -0.4 is 5.32 Å². The van der Waals surface area contributed by atoms with Crippen molar-refractivity contribution in [2.75, 3.05) is 13.2 Å². The van der Waals surface area contributed by atoms with Gasteiger partial charge < -0.3 is 40.3 Å². The van der Waals surface area contributed by atoms with Gasteiger partial charge in [0, 0.05) is 6.42 Å². The highest BCUT2D eigenvalue weighted by molar-refractivity contribution is 5.76. The number of carbonyl (C=O) groups is 1. The SMILES string of the molecule is CCCCCC/C=C/CC/C=C/C(O)C(COC1OC(CO)C(O)C(O)C1O)NC(=O)CCCCCCCCC/C=C\CCCCCCCCCC. The van der Waals surface area contributed by atoms with E-state index in [1.807, 2.05) is 6.08 Å². The molecule has 1 rings (SSSR count). The molecule has 7 unspecified atom stereocenters. The highest BCUT2D eigenvalue weighted by Gasteiger charge is 2.44. The molecule has 1 amide bonds. The second-order valence-electron chi connectivity index (χ2n) is 14.8. The fourth-order valence-corrected chi connectivity index (χ4v) is 6.46. The van der Waals surface area contributed by atoms with Gasteiger partial charge in [0.25, 0.3) is 0 Å². The van der Waals surface area contributed by atoms with Crippen LogP contribution in [0.5, 0.6) is 0 Å². The second kappa shape index (κ2) is 33.9. The number of aliphatic hydroxyl groups excluding tert-OH is 5. The predicted octanol–water partition coefficient (Wildman–Crippen LogP) is 8.11. The zero-order valence-corrected chi connectivity index (χ0v) is 33.1. The molecule has 0 bridgehead atoms. The highest BCUT2D eigenvalue weighted by Crippen LogP contribution is 2.22. The van der Waals surface area contributed by atoms with Crippen LogP contribution in [0, 0.1) is 0 Å². The fraction of sp³-hybridized carbons (Fsp3) is 0.837. The Morgan fingerprint density at radius 1 is 0.635 bits per heavy atom. The maximum Gasteiger partial charge on any atom is 0.220 e. The van der Waals surface area contributed by atoms with Crippen LogP contribution in [0.25, 0.3) is 0 Å². The molecule has 0 saturated carbocycles. The van der Waals surface area contributed by atoms with Crippen molar-refractivity contribution in [3.05, 3.63) is 36.5 Å². The Morgan fingerprint density at radius 3 is 1.63 bits per heavy atom. The van der Waals surface area contributed by atoms with Gasteiger partial charge in [-0.1, -0.05) is 147 Å². The van der Waals surface area contributed by atoms with Crippen molar-refractivity contribution in [3.8, 4) is 0 Å². The fourth-order valence-electron chi connectivity index (χ4n) is 6.46. The molecule has 52 heavy (non-hydrogen) atoms. The third kappa shape index (κ3) is 24.7. The van der Waals surface area contributed by atoms with E-state index >= 15 is 0 Å². The van der Waals surface area contributed by atoms with Gasteiger partial charge in [0.15, 0.2) is 6.29 Å². The largest absolute Gasteiger partial charge is 0.394 e. The zero-order valence-electron chi connectivity index (χ0n) is 33.1. The van der Waals surface area contributed by atoms with E-state index in [1.165, 1.54) is 103 Å². The standard InChI is InChI=1S/C43H79NO8/c1-3-5-7-9-11-13-15-16-17-18-19-20-21-22-23-25-27-29-31-33-39(47)44-36(35-51-43-42(50)41(49)40(48)38(34-45)52-43)37(46)32-30-28-26-24-14-12-10-8-6-4-2/h14,18-19,24,30,32,36-38,40-43,45-46,48-50H,3-13,15-17,20-23,25-29,31,33-35H2,1-2H3,(H,44,47)/b19-18-,24-14+,32-30+. The smallest absolute Gasteiger partial charge is 0.220 e. The Bertz CT molecular complexity index is 910. The minimum atomic E-state index is -1.57. The molecular weight excluding hydrogens is 658 g/mol. The molecule has 0 aromatic rings. The number of rotatable bonds is 34. The Kier molecular flexibility index (Phi) is 31.6. The van der Waals surface area contributed by atoms with Crippen LogP contribution in [-0.4, -0.2) is 87.5 Å². The first kappa shape index (κ1) is 48.4. The maximum absolute atomic E-state index is 12.9. The summed E-state index contributed by atoms with van der Waals surface area (Å²) in [6.45, 7) is 3.70. The molecule has 0 aromatic heterocycles. The van der Waals surface area contributed by atoms with Crippen molar-refractivity contribution >= 4 is 5.91 Å². The van der Waals surface area contributed by atoms with Crippen molar-refractivity contribution in [1.29, 1.82) is 0 Å². The molecule has 1 fully saturated rings. The van der Waals surface area contributed by atoms with Gasteiger partial charge in [-0.05, 0) is 57.8 Å². The number of amides is 1. The van der Waals surface area contributed by atoms with E-state index in [0.29, 0.717) is 6.42 Å². The van der Waals surface area contributed by atoms with Gasteiger partial charge in [0.2, 0.25) is 5.91 Å². The zero-order chi connectivity index (χ0) is 38.1. The summed E-state index contributed by atoms with van der Waals surface area (Å²) in [7, 11) is 0. The summed E-state index contributed by atoms with van der Waals surface area (Å²) in [4.78, 5) is 12.9. The average Bonchev–Trinajstić information content (AvgIpc) is 3.14. The number of aliphatic hydroxyl groups is 5. The molecular formula is C43H79NO8. The number of carbonyl (C=O) groups excluding carboxylic acids is 1. The van der Waals surface area contributed by atoms with Crippen LogP contribution in [0.4, 0.5) is 0 Å². The van der Waals surface area contributed by atoms with Crippen molar-refractivity contribution < 1.29 is 39.8 Å². The third-order valence-electron chi connectivity index (χ3n) is 9.94. The van der Waals surface area contributed by atoms with Gasteiger partial charge in [0.05, 0.1) is 25.4 Å². The number of ether oxygens (including phenoxy) is 2. The lowest BCUT2D eigenvalue weighted by atomic mass is 9.99. The number of nitrogens with one attached hydrogen (secondary N) is 1. The summed E-state index contributed by atoms with van der Waals surface area (Å²) < 4.78 is 11.1. The number of hydrogen-bond acceptors (Lipinski definition) is 8. The Labute approximate surface area is 317 Å². The van der Waals surface area contributed by atoms with Gasteiger partial charge in [-0.25, -0.2) is 0 Å². The predicted molar refractivity (Wildman–Crippen MR) is 212 cm³/mol.